The van der Waals surface area contributed by atoms with E-state index >= 15 is 0 Å². The van der Waals surface area contributed by atoms with Gasteiger partial charge in [0.1, 0.15) is 5.69 Å². The maximum Gasteiger partial charge on any atom is 0.103 e. The van der Waals surface area contributed by atoms with Crippen LogP contribution in [0.5, 0.6) is 0 Å². The quantitative estimate of drug-likeness (QED) is 0.356. The van der Waals surface area contributed by atoms with Crippen LogP contribution in [0.1, 0.15) is 18.9 Å². The van der Waals surface area contributed by atoms with Gasteiger partial charge in [-0.3, -0.25) is 0 Å². The summed E-state index contributed by atoms with van der Waals surface area (Å²) in [6.07, 6.45) is 4.70. The zero-order chi connectivity index (χ0) is 16.8. The van der Waals surface area contributed by atoms with Crippen molar-refractivity contribution in [1.82, 2.24) is 9.61 Å². The maximum atomic E-state index is 4.71. The van der Waals surface area contributed by atoms with Crippen molar-refractivity contribution in [3.05, 3.63) is 66.9 Å². The van der Waals surface area contributed by atoms with Crippen LogP contribution in [0, 0.1) is 0 Å². The van der Waals surface area contributed by atoms with E-state index < -0.39 is 0 Å². The fourth-order valence-electron chi connectivity index (χ4n) is 2.38. The van der Waals surface area contributed by atoms with Crippen molar-refractivity contribution >= 4 is 34.9 Å². The molecular formula is C19H18N4S. The molecule has 0 N–H and O–H groups in total. The molecule has 0 bridgehead atoms. The highest BCUT2D eigenvalue weighted by atomic mass is 32.2. The van der Waals surface area contributed by atoms with Gasteiger partial charge in [-0.15, -0.1) is 0 Å². The Bertz CT molecular complexity index is 894. The van der Waals surface area contributed by atoms with Crippen molar-refractivity contribution in [1.29, 1.82) is 0 Å². The fraction of sp³-hybridized carbons (Fsp3) is 0.105. The van der Waals surface area contributed by atoms with Crippen molar-refractivity contribution in [3.63, 3.8) is 0 Å². The van der Waals surface area contributed by atoms with Crippen molar-refractivity contribution in [2.45, 2.75) is 13.3 Å². The molecule has 0 amide bonds. The molecule has 0 aliphatic carbocycles. The molecule has 4 nitrogen and oxygen atoms in total. The highest BCUT2D eigenvalue weighted by molar-refractivity contribution is 8.11. The third-order valence-corrected chi connectivity index (χ3v) is 3.92. The molecule has 0 saturated heterocycles. The summed E-state index contributed by atoms with van der Waals surface area (Å²) < 4.78 is 6.03. The summed E-state index contributed by atoms with van der Waals surface area (Å²) >= 11 is 1.30. The van der Waals surface area contributed by atoms with Gasteiger partial charge in [-0.05, 0) is 18.6 Å². The average molecular weight is 334 g/mol. The van der Waals surface area contributed by atoms with E-state index in [1.54, 1.807) is 5.55 Å². The number of rotatable bonds is 6. The van der Waals surface area contributed by atoms with E-state index in [1.807, 2.05) is 72.4 Å². The highest BCUT2D eigenvalue weighted by Gasteiger charge is 2.16. The van der Waals surface area contributed by atoms with Gasteiger partial charge < -0.3 is 0 Å². The van der Waals surface area contributed by atoms with E-state index in [1.165, 1.54) is 11.9 Å². The summed E-state index contributed by atoms with van der Waals surface area (Å²) in [5.41, 5.74) is 6.23. The predicted octanol–water partition coefficient (Wildman–Crippen LogP) is 5.13. The van der Waals surface area contributed by atoms with E-state index in [0.717, 1.165) is 28.8 Å². The second kappa shape index (κ2) is 7.75. The molecule has 2 aromatic heterocycles. The van der Waals surface area contributed by atoms with Crippen LogP contribution in [0.25, 0.3) is 22.5 Å². The third-order valence-electron chi connectivity index (χ3n) is 3.45. The Kier molecular flexibility index (Phi) is 5.23. The van der Waals surface area contributed by atoms with Crippen LogP contribution in [0.15, 0.2) is 70.7 Å². The van der Waals surface area contributed by atoms with Gasteiger partial charge in [0, 0.05) is 29.9 Å². The van der Waals surface area contributed by atoms with Gasteiger partial charge in [0.2, 0.25) is 0 Å². The first-order chi connectivity index (χ1) is 11.8. The lowest BCUT2D eigenvalue weighted by atomic mass is 10.0. The zero-order valence-corrected chi connectivity index (χ0v) is 14.3. The van der Waals surface area contributed by atoms with E-state index in [2.05, 4.69) is 16.0 Å². The molecule has 3 rings (SSSR count). The van der Waals surface area contributed by atoms with Gasteiger partial charge in [0.25, 0.3) is 0 Å². The highest BCUT2D eigenvalue weighted by Crippen LogP contribution is 2.31. The molecule has 0 unspecified atom stereocenters. The summed E-state index contributed by atoms with van der Waals surface area (Å²) in [5, 5.41) is 4.71. The van der Waals surface area contributed by atoms with Gasteiger partial charge in [-0.2, -0.15) is 5.10 Å². The number of pyridine rings is 1. The van der Waals surface area contributed by atoms with Crippen LogP contribution in [0.2, 0.25) is 0 Å². The summed E-state index contributed by atoms with van der Waals surface area (Å²) in [4.78, 5) is 4.45. The smallest absolute Gasteiger partial charge is 0.103 e. The Balaban J connectivity index is 2.02. The molecule has 0 saturated carbocycles. The molecule has 0 radical (unpaired) electrons. The summed E-state index contributed by atoms with van der Waals surface area (Å²) in [6, 6.07) is 16.1. The largest absolute Gasteiger partial charge is 0.248 e. The molecule has 120 valence electrons. The van der Waals surface area contributed by atoms with Crippen molar-refractivity contribution < 1.29 is 0 Å². The first kappa shape index (κ1) is 16.2. The van der Waals surface area contributed by atoms with Crippen LogP contribution >= 0.6 is 11.9 Å². The number of hydrogen-bond donors (Lipinski definition) is 0. The maximum absolute atomic E-state index is 4.71. The number of hydrogen-bond acceptors (Lipinski definition) is 4. The lowest BCUT2D eigenvalue weighted by Gasteiger charge is -2.02. The summed E-state index contributed by atoms with van der Waals surface area (Å²) in [7, 11) is 0. The van der Waals surface area contributed by atoms with Gasteiger partial charge >= 0.3 is 0 Å². The topological polar surface area (TPSA) is 42.0 Å². The Morgan fingerprint density at radius 2 is 2.00 bits per heavy atom. The normalized spacial score (nSPS) is 11.7. The molecule has 24 heavy (non-hydrogen) atoms. The van der Waals surface area contributed by atoms with Crippen molar-refractivity contribution in [2.75, 3.05) is 0 Å². The lowest BCUT2D eigenvalue weighted by molar-refractivity contribution is 0.966. The van der Waals surface area contributed by atoms with E-state index in [9.17, 15) is 0 Å². The molecule has 0 spiro atoms. The average Bonchev–Trinajstić information content (AvgIpc) is 3.02. The zero-order valence-electron chi connectivity index (χ0n) is 13.5. The third kappa shape index (κ3) is 3.46. The van der Waals surface area contributed by atoms with Crippen LogP contribution in [0.4, 0.5) is 0 Å². The number of aromatic nitrogens is 2. The second-order valence-corrected chi connectivity index (χ2v) is 5.74. The Labute approximate surface area is 145 Å². The fourth-order valence-corrected chi connectivity index (χ4v) is 2.84. The Morgan fingerprint density at radius 3 is 2.79 bits per heavy atom. The van der Waals surface area contributed by atoms with Crippen LogP contribution in [-0.2, 0) is 0 Å². The SMILES string of the molecule is C=C(N=CS/N=C/CC)c1c(-c2ccccc2)nn2ccccc12. The van der Waals surface area contributed by atoms with E-state index in [-0.39, 0.29) is 0 Å². The van der Waals surface area contributed by atoms with Crippen LogP contribution in [0.3, 0.4) is 0 Å². The first-order valence-electron chi connectivity index (χ1n) is 7.73. The van der Waals surface area contributed by atoms with Gasteiger partial charge in [-0.25, -0.2) is 13.9 Å². The minimum absolute atomic E-state index is 0.675. The molecule has 2 heterocycles. The first-order valence-corrected chi connectivity index (χ1v) is 8.57. The molecule has 0 atom stereocenters. The second-order valence-electron chi connectivity index (χ2n) is 5.10. The number of fused-ring (bicyclic) bond motifs is 1. The van der Waals surface area contributed by atoms with Gasteiger partial charge in [0.05, 0.1) is 22.3 Å². The minimum atomic E-state index is 0.675. The summed E-state index contributed by atoms with van der Waals surface area (Å²) in [6.45, 7) is 6.18. The molecule has 0 aliphatic heterocycles. The molecule has 1 aromatic carbocycles. The van der Waals surface area contributed by atoms with E-state index in [4.69, 9.17) is 5.10 Å². The molecule has 0 fully saturated rings. The van der Waals surface area contributed by atoms with Crippen molar-refractivity contribution in [3.8, 4) is 11.3 Å². The van der Waals surface area contributed by atoms with Gasteiger partial charge in [0.15, 0.2) is 0 Å². The minimum Gasteiger partial charge on any atom is -0.248 e. The number of nitrogens with zero attached hydrogens (tertiary/aromatic N) is 4. The standard InChI is InChI=1S/C19H18N4S/c1-3-12-21-24-14-20-15(2)18-17-11-7-8-13-23(17)22-19(18)16-9-5-4-6-10-16/h4-14H,2-3H2,1H3/b20-14?,21-12+. The Hall–Kier alpha value is -2.66. The molecule has 5 heteroatoms. The van der Waals surface area contributed by atoms with E-state index in [0.29, 0.717) is 5.70 Å². The molecule has 3 aromatic rings. The summed E-state index contributed by atoms with van der Waals surface area (Å²) in [5.74, 6) is 0. The Morgan fingerprint density at radius 1 is 1.21 bits per heavy atom. The molecule has 0 aliphatic rings. The predicted molar refractivity (Wildman–Crippen MR) is 105 cm³/mol. The molecular weight excluding hydrogens is 316 g/mol. The van der Waals surface area contributed by atoms with Crippen LogP contribution < -0.4 is 0 Å². The van der Waals surface area contributed by atoms with Crippen molar-refractivity contribution in [2.24, 2.45) is 9.39 Å². The lowest BCUT2D eigenvalue weighted by Crippen LogP contribution is -1.84. The van der Waals surface area contributed by atoms with Gasteiger partial charge in [-0.1, -0.05) is 49.9 Å². The number of benzene rings is 1. The number of aliphatic imine (C=N–C) groups is 1. The van der Waals surface area contributed by atoms with Crippen LogP contribution in [-0.4, -0.2) is 21.4 Å². The monoisotopic (exact) mass is 334 g/mol.